The number of benzene rings is 2. The third kappa shape index (κ3) is 5.54. The molecule has 0 saturated heterocycles. The highest BCUT2D eigenvalue weighted by Crippen LogP contribution is 2.33. The minimum atomic E-state index is -0.513. The molecule has 2 aromatic rings. The fourth-order valence-corrected chi connectivity index (χ4v) is 2.92. The number of carbonyl (C=O) groups excluding carboxylic acids is 2. The lowest BCUT2D eigenvalue weighted by atomic mass is 10.1. The number of carbonyl (C=O) groups is 2. The number of hydrogen-bond donors (Lipinski definition) is 0. The van der Waals surface area contributed by atoms with Gasteiger partial charge in [0.15, 0.2) is 12.6 Å². The summed E-state index contributed by atoms with van der Waals surface area (Å²) < 4.78 is 21.4. The van der Waals surface area contributed by atoms with Gasteiger partial charge in [0.1, 0.15) is 18.1 Å². The van der Waals surface area contributed by atoms with Gasteiger partial charge in [0.05, 0.1) is 18.1 Å². The van der Waals surface area contributed by atoms with E-state index in [0.717, 1.165) is 0 Å². The molecule has 0 amide bonds. The molecule has 1 aliphatic heterocycles. The Labute approximate surface area is 172 Å². The van der Waals surface area contributed by atoms with Gasteiger partial charge in [-0.2, -0.15) is 0 Å². The van der Waals surface area contributed by atoms with Crippen molar-refractivity contribution < 1.29 is 33.5 Å². The van der Waals surface area contributed by atoms with Crippen LogP contribution in [0.4, 0.5) is 5.69 Å². The molecule has 1 aliphatic rings. The molecular formula is C21H21NO8. The van der Waals surface area contributed by atoms with Crippen molar-refractivity contribution in [2.75, 3.05) is 13.4 Å². The van der Waals surface area contributed by atoms with E-state index in [1.54, 1.807) is 24.3 Å². The zero-order valence-electron chi connectivity index (χ0n) is 16.4. The van der Waals surface area contributed by atoms with Crippen LogP contribution in [-0.4, -0.2) is 30.1 Å². The lowest BCUT2D eigenvalue weighted by Crippen LogP contribution is -2.15. The zero-order chi connectivity index (χ0) is 21.5. The molecule has 1 heterocycles. The molecule has 0 spiro atoms. The highest BCUT2D eigenvalue weighted by atomic mass is 16.7. The summed E-state index contributed by atoms with van der Waals surface area (Å²) in [5.41, 5.74) is 1.46. The van der Waals surface area contributed by atoms with E-state index in [4.69, 9.17) is 18.9 Å². The number of nitro benzene ring substituents is 1. The summed E-state index contributed by atoms with van der Waals surface area (Å²) >= 11 is 0. The fraction of sp³-hybridized carbons (Fsp3) is 0.333. The lowest BCUT2D eigenvalue weighted by Gasteiger charge is -2.20. The predicted molar refractivity (Wildman–Crippen MR) is 104 cm³/mol. The van der Waals surface area contributed by atoms with Crippen molar-refractivity contribution in [1.82, 2.24) is 0 Å². The second kappa shape index (κ2) is 9.84. The number of fused-ring (bicyclic) bond motifs is 1. The fourth-order valence-electron chi connectivity index (χ4n) is 2.92. The monoisotopic (exact) mass is 415 g/mol. The lowest BCUT2D eigenvalue weighted by molar-refractivity contribution is -0.385. The SMILES string of the molecule is CC(=O)c1ccc(OCCCC(=O)OCc2cc([N+](=O)[O-])cc3c2OCOC3)cc1. The van der Waals surface area contributed by atoms with E-state index < -0.39 is 10.9 Å². The Morgan fingerprint density at radius 2 is 1.97 bits per heavy atom. The molecule has 158 valence electrons. The van der Waals surface area contributed by atoms with Gasteiger partial charge >= 0.3 is 5.97 Å². The van der Waals surface area contributed by atoms with E-state index in [1.807, 2.05) is 0 Å². The average Bonchev–Trinajstić information content (AvgIpc) is 2.75. The average molecular weight is 415 g/mol. The third-order valence-corrected chi connectivity index (χ3v) is 4.43. The number of hydrogen-bond acceptors (Lipinski definition) is 8. The summed E-state index contributed by atoms with van der Waals surface area (Å²) in [7, 11) is 0. The Morgan fingerprint density at radius 3 is 2.67 bits per heavy atom. The second-order valence-electron chi connectivity index (χ2n) is 6.65. The molecule has 0 aliphatic carbocycles. The van der Waals surface area contributed by atoms with Gasteiger partial charge in [-0.3, -0.25) is 19.7 Å². The number of ether oxygens (including phenoxy) is 4. The van der Waals surface area contributed by atoms with Gasteiger partial charge in [-0.1, -0.05) is 0 Å². The Bertz CT molecular complexity index is 939. The van der Waals surface area contributed by atoms with Crippen LogP contribution in [0.3, 0.4) is 0 Å². The van der Waals surface area contributed by atoms with Crippen LogP contribution < -0.4 is 9.47 Å². The van der Waals surface area contributed by atoms with Crippen molar-refractivity contribution in [3.63, 3.8) is 0 Å². The number of non-ortho nitro benzene ring substituents is 1. The van der Waals surface area contributed by atoms with E-state index >= 15 is 0 Å². The number of Topliss-reactive ketones (excluding diaryl/α,β-unsaturated/α-hetero) is 1. The van der Waals surface area contributed by atoms with Gasteiger partial charge in [0.2, 0.25) is 0 Å². The van der Waals surface area contributed by atoms with Crippen molar-refractivity contribution in [2.45, 2.75) is 33.0 Å². The number of ketones is 1. The Morgan fingerprint density at radius 1 is 1.20 bits per heavy atom. The van der Waals surface area contributed by atoms with Crippen LogP contribution in [-0.2, 0) is 27.5 Å². The van der Waals surface area contributed by atoms with Crippen molar-refractivity contribution >= 4 is 17.4 Å². The van der Waals surface area contributed by atoms with Gasteiger partial charge in [0.25, 0.3) is 5.69 Å². The summed E-state index contributed by atoms with van der Waals surface area (Å²) in [4.78, 5) is 33.9. The quantitative estimate of drug-likeness (QED) is 0.201. The molecule has 0 bridgehead atoms. The van der Waals surface area contributed by atoms with Crippen LogP contribution >= 0.6 is 0 Å². The molecule has 0 N–H and O–H groups in total. The largest absolute Gasteiger partial charge is 0.494 e. The molecule has 0 unspecified atom stereocenters. The van der Waals surface area contributed by atoms with Crippen LogP contribution in [0, 0.1) is 10.1 Å². The van der Waals surface area contributed by atoms with E-state index in [1.165, 1.54) is 19.1 Å². The van der Waals surface area contributed by atoms with Gasteiger partial charge in [-0.05, 0) is 37.6 Å². The molecule has 0 atom stereocenters. The first-order valence-electron chi connectivity index (χ1n) is 9.34. The number of nitrogens with zero attached hydrogens (tertiary/aromatic N) is 1. The first-order valence-corrected chi connectivity index (χ1v) is 9.34. The normalized spacial score (nSPS) is 12.4. The second-order valence-corrected chi connectivity index (χ2v) is 6.65. The topological polar surface area (TPSA) is 114 Å². The van der Waals surface area contributed by atoms with Crippen molar-refractivity contribution in [1.29, 1.82) is 0 Å². The Kier molecular flexibility index (Phi) is 6.97. The Hall–Kier alpha value is -3.46. The van der Waals surface area contributed by atoms with Crippen LogP contribution in [0.2, 0.25) is 0 Å². The number of nitro groups is 1. The number of esters is 1. The summed E-state index contributed by atoms with van der Waals surface area (Å²) in [6.07, 6.45) is 0.567. The maximum atomic E-state index is 12.0. The molecular weight excluding hydrogens is 394 g/mol. The van der Waals surface area contributed by atoms with Crippen LogP contribution in [0.25, 0.3) is 0 Å². The summed E-state index contributed by atoms with van der Waals surface area (Å²) in [6, 6.07) is 9.48. The minimum absolute atomic E-state index is 0.0211. The Balaban J connectivity index is 1.47. The van der Waals surface area contributed by atoms with Crippen molar-refractivity contribution in [3.8, 4) is 11.5 Å². The maximum absolute atomic E-state index is 12.0. The summed E-state index contributed by atoms with van der Waals surface area (Å²) in [5.74, 6) is 0.595. The van der Waals surface area contributed by atoms with Gasteiger partial charge in [0, 0.05) is 35.2 Å². The molecule has 0 fully saturated rings. The van der Waals surface area contributed by atoms with E-state index in [9.17, 15) is 19.7 Å². The van der Waals surface area contributed by atoms with E-state index in [2.05, 4.69) is 0 Å². The highest BCUT2D eigenvalue weighted by molar-refractivity contribution is 5.94. The molecule has 3 rings (SSSR count). The number of rotatable bonds is 9. The summed E-state index contributed by atoms with van der Waals surface area (Å²) in [6.45, 7) is 1.90. The summed E-state index contributed by atoms with van der Waals surface area (Å²) in [5, 5.41) is 11.1. The van der Waals surface area contributed by atoms with Gasteiger partial charge in [-0.25, -0.2) is 0 Å². The van der Waals surface area contributed by atoms with Crippen LogP contribution in [0.1, 0.15) is 41.3 Å². The first kappa shape index (κ1) is 21.3. The minimum Gasteiger partial charge on any atom is -0.494 e. The molecule has 30 heavy (non-hydrogen) atoms. The third-order valence-electron chi connectivity index (χ3n) is 4.43. The molecule has 2 aromatic carbocycles. The van der Waals surface area contributed by atoms with E-state index in [-0.39, 0.29) is 37.9 Å². The molecule has 9 nitrogen and oxygen atoms in total. The maximum Gasteiger partial charge on any atom is 0.306 e. The standard InChI is InChI=1S/C21H21NO8/c1-14(23)15-4-6-19(7-5-15)28-8-2-3-20(24)29-12-17-10-18(22(25)26)9-16-11-27-13-30-21(16)17/h4-7,9-10H,2-3,8,11-13H2,1H3. The first-order chi connectivity index (χ1) is 14.4. The molecule has 0 saturated carbocycles. The van der Waals surface area contributed by atoms with E-state index in [0.29, 0.717) is 41.2 Å². The van der Waals surface area contributed by atoms with Crippen LogP contribution in [0.5, 0.6) is 11.5 Å². The smallest absolute Gasteiger partial charge is 0.306 e. The molecule has 0 radical (unpaired) electrons. The molecule has 9 heteroatoms. The predicted octanol–water partition coefficient (Wildman–Crippen LogP) is 3.57. The van der Waals surface area contributed by atoms with Gasteiger partial charge in [-0.15, -0.1) is 0 Å². The highest BCUT2D eigenvalue weighted by Gasteiger charge is 2.21. The zero-order valence-corrected chi connectivity index (χ0v) is 16.4. The van der Waals surface area contributed by atoms with Crippen LogP contribution in [0.15, 0.2) is 36.4 Å². The molecule has 0 aromatic heterocycles. The van der Waals surface area contributed by atoms with Gasteiger partial charge < -0.3 is 18.9 Å². The van der Waals surface area contributed by atoms with Crippen molar-refractivity contribution in [3.05, 3.63) is 63.2 Å². The van der Waals surface area contributed by atoms with Crippen molar-refractivity contribution in [2.24, 2.45) is 0 Å².